The van der Waals surface area contributed by atoms with Gasteiger partial charge in [0.1, 0.15) is 6.17 Å². The molecule has 3 saturated carbocycles. The Morgan fingerprint density at radius 3 is 1.97 bits per heavy atom. The van der Waals surface area contributed by atoms with Crippen LogP contribution in [0, 0.1) is 46.8 Å². The Morgan fingerprint density at radius 2 is 1.50 bits per heavy atom. The molecule has 0 nitrogen and oxygen atoms in total. The van der Waals surface area contributed by atoms with Crippen LogP contribution >= 0.6 is 0 Å². The molecule has 3 heteroatoms. The van der Waals surface area contributed by atoms with Crippen LogP contribution in [0.15, 0.2) is 0 Å². The summed E-state index contributed by atoms with van der Waals surface area (Å²) in [6.07, 6.45) is 9.61. The van der Waals surface area contributed by atoms with Crippen LogP contribution in [0.3, 0.4) is 0 Å². The maximum atomic E-state index is 14.2. The van der Waals surface area contributed by atoms with Gasteiger partial charge in [0.25, 0.3) is 0 Å². The van der Waals surface area contributed by atoms with E-state index in [0.717, 1.165) is 11.8 Å². The van der Waals surface area contributed by atoms with Crippen molar-refractivity contribution in [3.63, 3.8) is 0 Å². The van der Waals surface area contributed by atoms with Gasteiger partial charge in [-0.2, -0.15) is 0 Å². The van der Waals surface area contributed by atoms with E-state index in [-0.39, 0.29) is 18.3 Å². The van der Waals surface area contributed by atoms with Crippen LogP contribution in [0.25, 0.3) is 0 Å². The molecule has 3 aliphatic rings. The zero-order valence-corrected chi connectivity index (χ0v) is 20.2. The Kier molecular flexibility index (Phi) is 7.93. The van der Waals surface area contributed by atoms with Crippen LogP contribution in [-0.4, -0.2) is 12.1 Å². The SMILES string of the molecule is CCC(C)CCCC(C(C)C1CC1)C(C(C)C)(C1CCC(F)(F)CC1)C1CC(F)C1. The predicted molar refractivity (Wildman–Crippen MR) is 120 cm³/mol. The highest BCUT2D eigenvalue weighted by atomic mass is 19.3. The largest absolute Gasteiger partial charge is 0.248 e. The van der Waals surface area contributed by atoms with Gasteiger partial charge in [0.05, 0.1) is 0 Å². The molecule has 0 spiro atoms. The highest BCUT2D eigenvalue weighted by molar-refractivity contribution is 5.07. The second-order valence-electron chi connectivity index (χ2n) is 11.8. The van der Waals surface area contributed by atoms with Gasteiger partial charge >= 0.3 is 0 Å². The van der Waals surface area contributed by atoms with E-state index in [9.17, 15) is 13.2 Å². The summed E-state index contributed by atoms with van der Waals surface area (Å²) in [6, 6.07) is 0. The molecule has 3 fully saturated rings. The van der Waals surface area contributed by atoms with Gasteiger partial charge in [-0.15, -0.1) is 0 Å². The molecule has 0 amide bonds. The maximum absolute atomic E-state index is 14.2. The molecule has 0 radical (unpaired) electrons. The molecule has 0 saturated heterocycles. The average molecular weight is 429 g/mol. The Hall–Kier alpha value is -0.210. The molecular formula is C27H47F3. The molecule has 0 aromatic rings. The average Bonchev–Trinajstić information content (AvgIpc) is 3.50. The molecule has 0 N–H and O–H groups in total. The summed E-state index contributed by atoms with van der Waals surface area (Å²) in [5.41, 5.74) is 0.0382. The van der Waals surface area contributed by atoms with Crippen LogP contribution in [0.2, 0.25) is 0 Å². The van der Waals surface area contributed by atoms with E-state index in [4.69, 9.17) is 0 Å². The Morgan fingerprint density at radius 1 is 0.900 bits per heavy atom. The molecule has 0 bridgehead atoms. The second kappa shape index (κ2) is 9.74. The lowest BCUT2D eigenvalue weighted by molar-refractivity contribution is -0.152. The van der Waals surface area contributed by atoms with Gasteiger partial charge in [0, 0.05) is 12.8 Å². The van der Waals surface area contributed by atoms with Crippen molar-refractivity contribution >= 4 is 0 Å². The van der Waals surface area contributed by atoms with E-state index in [2.05, 4.69) is 34.6 Å². The minimum Gasteiger partial charge on any atom is -0.247 e. The molecule has 0 aliphatic heterocycles. The van der Waals surface area contributed by atoms with Gasteiger partial charge in [-0.05, 0) is 91.8 Å². The molecule has 4 atom stereocenters. The van der Waals surface area contributed by atoms with E-state index in [1.54, 1.807) is 0 Å². The molecule has 3 rings (SSSR count). The third kappa shape index (κ3) is 5.06. The minimum absolute atomic E-state index is 0.0370. The summed E-state index contributed by atoms with van der Waals surface area (Å²) in [4.78, 5) is 0. The van der Waals surface area contributed by atoms with Crippen molar-refractivity contribution in [2.75, 3.05) is 0 Å². The fourth-order valence-electron chi connectivity index (χ4n) is 7.62. The van der Waals surface area contributed by atoms with Crippen LogP contribution in [-0.2, 0) is 0 Å². The van der Waals surface area contributed by atoms with Gasteiger partial charge in [-0.3, -0.25) is 0 Å². The first-order valence-corrected chi connectivity index (χ1v) is 13.1. The molecule has 4 unspecified atom stereocenters. The molecule has 3 aliphatic carbocycles. The monoisotopic (exact) mass is 428 g/mol. The third-order valence-electron chi connectivity index (χ3n) is 9.76. The lowest BCUT2D eigenvalue weighted by atomic mass is 9.44. The second-order valence-corrected chi connectivity index (χ2v) is 11.8. The van der Waals surface area contributed by atoms with Crippen molar-refractivity contribution in [2.45, 2.75) is 124 Å². The van der Waals surface area contributed by atoms with Crippen LogP contribution in [0.5, 0.6) is 0 Å². The predicted octanol–water partition coefficient (Wildman–Crippen LogP) is 9.08. The molecule has 0 heterocycles. The van der Waals surface area contributed by atoms with Crippen LogP contribution in [0.1, 0.15) is 112 Å². The molecule has 30 heavy (non-hydrogen) atoms. The van der Waals surface area contributed by atoms with E-state index >= 15 is 0 Å². The number of rotatable bonds is 11. The highest BCUT2D eigenvalue weighted by Crippen LogP contribution is 2.64. The number of halogens is 3. The quantitative estimate of drug-likeness (QED) is 0.308. The van der Waals surface area contributed by atoms with Crippen molar-refractivity contribution in [2.24, 2.45) is 46.8 Å². The number of hydrogen-bond acceptors (Lipinski definition) is 0. The Balaban J connectivity index is 1.91. The molecule has 0 aromatic carbocycles. The third-order valence-corrected chi connectivity index (χ3v) is 9.76. The summed E-state index contributed by atoms with van der Waals surface area (Å²) in [6.45, 7) is 11.7. The lowest BCUT2D eigenvalue weighted by Crippen LogP contribution is -2.56. The highest BCUT2D eigenvalue weighted by Gasteiger charge is 2.59. The molecule has 176 valence electrons. The van der Waals surface area contributed by atoms with Crippen molar-refractivity contribution < 1.29 is 13.2 Å². The minimum atomic E-state index is -2.49. The van der Waals surface area contributed by atoms with E-state index in [0.29, 0.717) is 55.3 Å². The Bertz CT molecular complexity index is 524. The summed E-state index contributed by atoms with van der Waals surface area (Å²) in [5, 5.41) is 0. The van der Waals surface area contributed by atoms with E-state index < -0.39 is 12.1 Å². The van der Waals surface area contributed by atoms with Gasteiger partial charge < -0.3 is 0 Å². The molecule has 0 aromatic heterocycles. The van der Waals surface area contributed by atoms with Crippen molar-refractivity contribution in [1.82, 2.24) is 0 Å². The van der Waals surface area contributed by atoms with Gasteiger partial charge in [0.2, 0.25) is 5.92 Å². The molecular weight excluding hydrogens is 381 g/mol. The van der Waals surface area contributed by atoms with E-state index in [1.807, 2.05) is 0 Å². The first-order valence-electron chi connectivity index (χ1n) is 13.1. The zero-order chi connectivity index (χ0) is 22.1. The van der Waals surface area contributed by atoms with Gasteiger partial charge in [-0.1, -0.05) is 53.9 Å². The standard InChI is InChI=1S/C27H47F3/c1-6-19(4)8-7-9-25(20(5)21-10-11-21)27(18(2)3,23-16-24(28)17-23)22-12-14-26(29,30)15-13-22/h18-25H,6-17H2,1-5H3. The summed E-state index contributed by atoms with van der Waals surface area (Å²) >= 11 is 0. The fraction of sp³-hybridized carbons (Fsp3) is 1.00. The zero-order valence-electron chi connectivity index (χ0n) is 20.2. The maximum Gasteiger partial charge on any atom is 0.248 e. The first-order chi connectivity index (χ1) is 14.1. The summed E-state index contributed by atoms with van der Waals surface area (Å²) in [7, 11) is 0. The first kappa shape index (κ1) is 24.4. The number of alkyl halides is 3. The summed E-state index contributed by atoms with van der Waals surface area (Å²) in [5.74, 6) is 1.43. The fourth-order valence-corrected chi connectivity index (χ4v) is 7.62. The summed E-state index contributed by atoms with van der Waals surface area (Å²) < 4.78 is 42.4. The van der Waals surface area contributed by atoms with Gasteiger partial charge in [-0.25, -0.2) is 13.2 Å². The van der Waals surface area contributed by atoms with E-state index in [1.165, 1.54) is 38.5 Å². The van der Waals surface area contributed by atoms with Crippen molar-refractivity contribution in [3.05, 3.63) is 0 Å². The van der Waals surface area contributed by atoms with Crippen LogP contribution in [0.4, 0.5) is 13.2 Å². The Labute approximate surface area is 184 Å². The normalized spacial score (nSPS) is 32.3. The lowest BCUT2D eigenvalue weighted by Gasteiger charge is -2.60. The van der Waals surface area contributed by atoms with Crippen molar-refractivity contribution in [3.8, 4) is 0 Å². The topological polar surface area (TPSA) is 0 Å². The van der Waals surface area contributed by atoms with Crippen molar-refractivity contribution in [1.29, 1.82) is 0 Å². The number of hydrogen-bond donors (Lipinski definition) is 0. The van der Waals surface area contributed by atoms with Gasteiger partial charge in [0.15, 0.2) is 0 Å². The van der Waals surface area contributed by atoms with Crippen LogP contribution < -0.4 is 0 Å². The smallest absolute Gasteiger partial charge is 0.247 e.